The van der Waals surface area contributed by atoms with Crippen LogP contribution < -0.4 is 4.72 Å². The van der Waals surface area contributed by atoms with E-state index < -0.39 is 16.0 Å². The molecule has 0 bridgehead atoms. The minimum atomic E-state index is -3.97. The molecule has 4 aromatic rings. The Morgan fingerprint density at radius 2 is 1.52 bits per heavy atom. The van der Waals surface area contributed by atoms with Crippen molar-refractivity contribution in [3.63, 3.8) is 0 Å². The van der Waals surface area contributed by atoms with Gasteiger partial charge in [-0.15, -0.1) is 0 Å². The molecular formula is C23H19N3O4S. The van der Waals surface area contributed by atoms with Crippen molar-refractivity contribution in [1.82, 2.24) is 9.78 Å². The second-order valence-corrected chi connectivity index (χ2v) is 8.31. The molecule has 0 radical (unpaired) electrons. The van der Waals surface area contributed by atoms with Crippen LogP contribution in [0.5, 0.6) is 0 Å². The Balaban J connectivity index is 1.74. The number of para-hydroxylation sites is 1. The van der Waals surface area contributed by atoms with Crippen LogP contribution in [0.25, 0.3) is 16.9 Å². The lowest BCUT2D eigenvalue weighted by molar-refractivity contribution is 0.0600. The Kier molecular flexibility index (Phi) is 5.55. The number of ether oxygens (including phenoxy) is 1. The van der Waals surface area contributed by atoms with Crippen molar-refractivity contribution in [2.45, 2.75) is 4.90 Å². The summed E-state index contributed by atoms with van der Waals surface area (Å²) in [4.78, 5) is 11.6. The minimum Gasteiger partial charge on any atom is -0.465 e. The number of carbonyl (C=O) groups excluding carboxylic acids is 1. The fraction of sp³-hybridized carbons (Fsp3) is 0.0435. The molecule has 4 rings (SSSR count). The number of nitrogens with one attached hydrogen (secondary N) is 1. The van der Waals surface area contributed by atoms with Crippen molar-refractivity contribution >= 4 is 21.7 Å². The van der Waals surface area contributed by atoms with Gasteiger partial charge in [0.05, 0.1) is 24.6 Å². The molecule has 1 N–H and O–H groups in total. The van der Waals surface area contributed by atoms with Crippen LogP contribution in [0.3, 0.4) is 0 Å². The molecule has 0 atom stereocenters. The Hall–Kier alpha value is -3.91. The number of carbonyl (C=O) groups is 1. The highest BCUT2D eigenvalue weighted by Crippen LogP contribution is 2.29. The highest BCUT2D eigenvalue weighted by molar-refractivity contribution is 7.92. The fourth-order valence-electron chi connectivity index (χ4n) is 3.07. The maximum absolute atomic E-state index is 13.3. The summed E-state index contributed by atoms with van der Waals surface area (Å²) in [6, 6.07) is 24.4. The molecule has 0 fully saturated rings. The first-order chi connectivity index (χ1) is 15.0. The second-order valence-electron chi connectivity index (χ2n) is 6.66. The van der Waals surface area contributed by atoms with E-state index in [0.29, 0.717) is 22.5 Å². The topological polar surface area (TPSA) is 90.3 Å². The predicted molar refractivity (Wildman–Crippen MR) is 118 cm³/mol. The van der Waals surface area contributed by atoms with Crippen LogP contribution in [-0.2, 0) is 14.8 Å². The van der Waals surface area contributed by atoms with E-state index in [9.17, 15) is 13.2 Å². The first kappa shape index (κ1) is 20.4. The zero-order valence-corrected chi connectivity index (χ0v) is 17.4. The van der Waals surface area contributed by atoms with E-state index in [2.05, 4.69) is 14.6 Å². The lowest BCUT2D eigenvalue weighted by Crippen LogP contribution is -2.13. The summed E-state index contributed by atoms with van der Waals surface area (Å²) in [6.45, 7) is 0. The Morgan fingerprint density at radius 1 is 0.903 bits per heavy atom. The first-order valence-electron chi connectivity index (χ1n) is 9.39. The number of anilines is 1. The number of esters is 1. The fourth-order valence-corrected chi connectivity index (χ4v) is 4.27. The van der Waals surface area contributed by atoms with Crippen LogP contribution in [0.1, 0.15) is 10.4 Å². The summed E-state index contributed by atoms with van der Waals surface area (Å²) in [5, 5.41) is 4.54. The number of nitrogens with zero attached hydrogens (tertiary/aromatic N) is 2. The molecule has 1 aromatic heterocycles. The van der Waals surface area contributed by atoms with E-state index in [1.807, 2.05) is 60.7 Å². The Labute approximate surface area is 180 Å². The van der Waals surface area contributed by atoms with Crippen molar-refractivity contribution in [1.29, 1.82) is 0 Å². The molecule has 0 amide bonds. The maximum Gasteiger partial charge on any atom is 0.337 e. The molecule has 0 aliphatic rings. The summed E-state index contributed by atoms with van der Waals surface area (Å²) < 4.78 is 35.3. The lowest BCUT2D eigenvalue weighted by atomic mass is 10.2. The van der Waals surface area contributed by atoms with Crippen molar-refractivity contribution in [2.75, 3.05) is 11.8 Å². The zero-order chi connectivity index (χ0) is 21.8. The smallest absolute Gasteiger partial charge is 0.337 e. The molecule has 0 saturated heterocycles. The molecule has 0 aliphatic carbocycles. The molecule has 0 saturated carbocycles. The molecule has 0 aliphatic heterocycles. The van der Waals surface area contributed by atoms with Crippen LogP contribution in [-0.4, -0.2) is 31.3 Å². The highest BCUT2D eigenvalue weighted by Gasteiger charge is 2.24. The number of rotatable bonds is 6. The molecule has 31 heavy (non-hydrogen) atoms. The monoisotopic (exact) mass is 433 g/mol. The van der Waals surface area contributed by atoms with Crippen LogP contribution in [0, 0.1) is 0 Å². The van der Waals surface area contributed by atoms with Gasteiger partial charge in [0.2, 0.25) is 0 Å². The molecule has 0 spiro atoms. The van der Waals surface area contributed by atoms with Crippen LogP contribution in [0.4, 0.5) is 5.69 Å². The van der Waals surface area contributed by atoms with Gasteiger partial charge in [0, 0.05) is 11.3 Å². The Morgan fingerprint density at radius 3 is 2.13 bits per heavy atom. The van der Waals surface area contributed by atoms with Crippen LogP contribution in [0.15, 0.2) is 96.0 Å². The maximum atomic E-state index is 13.3. The summed E-state index contributed by atoms with van der Waals surface area (Å²) in [7, 11) is -2.68. The van der Waals surface area contributed by atoms with Crippen molar-refractivity contribution in [3.8, 4) is 16.9 Å². The SMILES string of the molecule is COC(=O)c1ccc(NS(=O)(=O)c2cn(-c3ccccc3)nc2-c2ccccc2)cc1. The molecule has 3 aromatic carbocycles. The molecule has 1 heterocycles. The Bertz CT molecular complexity index is 1300. The van der Waals surface area contributed by atoms with Crippen molar-refractivity contribution in [3.05, 3.63) is 96.7 Å². The number of hydrogen-bond donors (Lipinski definition) is 1. The van der Waals surface area contributed by atoms with Gasteiger partial charge in [0.1, 0.15) is 10.6 Å². The molecule has 8 heteroatoms. The van der Waals surface area contributed by atoms with Gasteiger partial charge in [-0.1, -0.05) is 48.5 Å². The van der Waals surface area contributed by atoms with E-state index in [-0.39, 0.29) is 4.90 Å². The molecule has 156 valence electrons. The third-order valence-corrected chi connectivity index (χ3v) is 5.98. The van der Waals surface area contributed by atoms with Gasteiger partial charge in [-0.3, -0.25) is 4.72 Å². The summed E-state index contributed by atoms with van der Waals surface area (Å²) in [5.74, 6) is -0.495. The first-order valence-corrected chi connectivity index (χ1v) is 10.9. The van der Waals surface area contributed by atoms with Gasteiger partial charge in [0.25, 0.3) is 10.0 Å². The largest absolute Gasteiger partial charge is 0.465 e. The van der Waals surface area contributed by atoms with Gasteiger partial charge in [0.15, 0.2) is 0 Å². The van der Waals surface area contributed by atoms with E-state index in [4.69, 9.17) is 0 Å². The number of aromatic nitrogens is 2. The zero-order valence-electron chi connectivity index (χ0n) is 16.6. The van der Waals surface area contributed by atoms with Gasteiger partial charge >= 0.3 is 5.97 Å². The highest BCUT2D eigenvalue weighted by atomic mass is 32.2. The van der Waals surface area contributed by atoms with Crippen LogP contribution in [0.2, 0.25) is 0 Å². The van der Waals surface area contributed by atoms with Gasteiger partial charge in [-0.05, 0) is 36.4 Å². The van der Waals surface area contributed by atoms with E-state index in [1.165, 1.54) is 42.3 Å². The van der Waals surface area contributed by atoms with Gasteiger partial charge < -0.3 is 4.74 Å². The predicted octanol–water partition coefficient (Wildman–Crippen LogP) is 4.13. The summed E-state index contributed by atoms with van der Waals surface area (Å²) in [6.07, 6.45) is 1.49. The standard InChI is InChI=1S/C23H19N3O4S/c1-30-23(27)18-12-14-19(15-13-18)25-31(28,29)21-16-26(20-10-6-3-7-11-20)24-22(21)17-8-4-2-5-9-17/h2-16,25H,1H3. The number of benzene rings is 3. The quantitative estimate of drug-likeness (QED) is 0.462. The van der Waals surface area contributed by atoms with E-state index in [0.717, 1.165) is 5.69 Å². The molecule has 7 nitrogen and oxygen atoms in total. The van der Waals surface area contributed by atoms with E-state index >= 15 is 0 Å². The summed E-state index contributed by atoms with van der Waals surface area (Å²) in [5.41, 5.74) is 2.40. The minimum absolute atomic E-state index is 0.0413. The van der Waals surface area contributed by atoms with Crippen molar-refractivity contribution < 1.29 is 17.9 Å². The normalized spacial score (nSPS) is 11.1. The molecule has 0 unspecified atom stereocenters. The number of sulfonamides is 1. The van der Waals surface area contributed by atoms with Gasteiger partial charge in [-0.2, -0.15) is 5.10 Å². The lowest BCUT2D eigenvalue weighted by Gasteiger charge is -2.08. The van der Waals surface area contributed by atoms with Gasteiger partial charge in [-0.25, -0.2) is 17.9 Å². The van der Waals surface area contributed by atoms with Crippen LogP contribution >= 0.6 is 0 Å². The summed E-state index contributed by atoms with van der Waals surface area (Å²) >= 11 is 0. The molecular weight excluding hydrogens is 414 g/mol. The van der Waals surface area contributed by atoms with E-state index in [1.54, 1.807) is 0 Å². The average molecular weight is 433 g/mol. The second kappa shape index (κ2) is 8.45. The third kappa shape index (κ3) is 4.34. The third-order valence-electron chi connectivity index (χ3n) is 4.60. The number of hydrogen-bond acceptors (Lipinski definition) is 5. The van der Waals surface area contributed by atoms with Crippen molar-refractivity contribution in [2.24, 2.45) is 0 Å². The average Bonchev–Trinajstić information content (AvgIpc) is 3.27. The number of methoxy groups -OCH3 is 1.